The summed E-state index contributed by atoms with van der Waals surface area (Å²) >= 11 is 3.47. The molecule has 2 aromatic carbocycles. The number of anilines is 1. The zero-order chi connectivity index (χ0) is 17.6. The molecular weight excluding hydrogens is 380 g/mol. The van der Waals surface area contributed by atoms with Crippen LogP contribution in [0.4, 0.5) is 5.69 Å². The highest BCUT2D eigenvalue weighted by molar-refractivity contribution is 9.10. The van der Waals surface area contributed by atoms with Crippen LogP contribution in [0.5, 0.6) is 0 Å². The fraction of sp³-hybridized carbons (Fsp3) is 0.150. The first-order valence-corrected chi connectivity index (χ1v) is 8.80. The Bertz CT molecular complexity index is 832. The SMILES string of the molecule is Cc1ccc(NC(=O)CN[C@@H](c2ccccc2)c2ccco2)c(Br)c1. The predicted octanol–water partition coefficient (Wildman–Crippen LogP) is 4.67. The van der Waals surface area contributed by atoms with Crippen molar-refractivity contribution in [2.45, 2.75) is 13.0 Å². The second kappa shape index (κ2) is 8.14. The molecule has 0 saturated heterocycles. The van der Waals surface area contributed by atoms with Crippen molar-refractivity contribution in [1.82, 2.24) is 5.32 Å². The van der Waals surface area contributed by atoms with Crippen molar-refractivity contribution in [2.75, 3.05) is 11.9 Å². The Morgan fingerprint density at radius 2 is 1.92 bits per heavy atom. The van der Waals surface area contributed by atoms with Crippen LogP contribution in [0.25, 0.3) is 0 Å². The molecule has 1 aromatic heterocycles. The molecule has 0 aliphatic rings. The molecule has 3 rings (SSSR count). The van der Waals surface area contributed by atoms with Crippen molar-refractivity contribution in [3.8, 4) is 0 Å². The van der Waals surface area contributed by atoms with E-state index in [0.717, 1.165) is 27.0 Å². The molecule has 0 radical (unpaired) electrons. The molecule has 1 atom stereocenters. The number of carbonyl (C=O) groups is 1. The van der Waals surface area contributed by atoms with E-state index in [1.165, 1.54) is 0 Å². The Balaban J connectivity index is 1.68. The summed E-state index contributed by atoms with van der Waals surface area (Å²) in [5.41, 5.74) is 2.93. The van der Waals surface area contributed by atoms with Crippen LogP contribution in [-0.4, -0.2) is 12.5 Å². The molecule has 0 spiro atoms. The van der Waals surface area contributed by atoms with Crippen molar-refractivity contribution in [3.63, 3.8) is 0 Å². The average molecular weight is 399 g/mol. The molecule has 0 unspecified atom stereocenters. The highest BCUT2D eigenvalue weighted by atomic mass is 79.9. The Kier molecular flexibility index (Phi) is 5.68. The number of nitrogens with one attached hydrogen (secondary N) is 2. The van der Waals surface area contributed by atoms with Crippen molar-refractivity contribution < 1.29 is 9.21 Å². The van der Waals surface area contributed by atoms with E-state index in [4.69, 9.17) is 4.42 Å². The van der Waals surface area contributed by atoms with Gasteiger partial charge in [-0.25, -0.2) is 0 Å². The first kappa shape index (κ1) is 17.5. The second-order valence-electron chi connectivity index (χ2n) is 5.77. The summed E-state index contributed by atoms with van der Waals surface area (Å²) in [7, 11) is 0. The number of hydrogen-bond acceptors (Lipinski definition) is 3. The van der Waals surface area contributed by atoms with Crippen molar-refractivity contribution in [2.24, 2.45) is 0 Å². The molecule has 0 bridgehead atoms. The smallest absolute Gasteiger partial charge is 0.238 e. The van der Waals surface area contributed by atoms with Crippen molar-refractivity contribution in [3.05, 3.63) is 88.3 Å². The minimum absolute atomic E-state index is 0.114. The minimum atomic E-state index is -0.177. The maximum Gasteiger partial charge on any atom is 0.238 e. The third-order valence-electron chi connectivity index (χ3n) is 3.83. The first-order chi connectivity index (χ1) is 12.1. The minimum Gasteiger partial charge on any atom is -0.467 e. The molecule has 0 aliphatic heterocycles. The Morgan fingerprint density at radius 1 is 1.12 bits per heavy atom. The lowest BCUT2D eigenvalue weighted by Gasteiger charge is -2.17. The molecule has 2 N–H and O–H groups in total. The second-order valence-corrected chi connectivity index (χ2v) is 6.63. The summed E-state index contributed by atoms with van der Waals surface area (Å²) in [5, 5.41) is 6.18. The average Bonchev–Trinajstić information content (AvgIpc) is 3.13. The normalized spacial score (nSPS) is 11.9. The topological polar surface area (TPSA) is 54.3 Å². The molecule has 0 aliphatic carbocycles. The summed E-state index contributed by atoms with van der Waals surface area (Å²) in [6.07, 6.45) is 1.64. The number of halogens is 1. The lowest BCUT2D eigenvalue weighted by atomic mass is 10.0. The highest BCUT2D eigenvalue weighted by Gasteiger charge is 2.17. The molecule has 1 heterocycles. The summed E-state index contributed by atoms with van der Waals surface area (Å²) in [5.74, 6) is 0.660. The van der Waals surface area contributed by atoms with Gasteiger partial charge in [0.15, 0.2) is 0 Å². The number of amides is 1. The lowest BCUT2D eigenvalue weighted by Crippen LogP contribution is -2.31. The zero-order valence-corrected chi connectivity index (χ0v) is 15.4. The van der Waals surface area contributed by atoms with Crippen LogP contribution >= 0.6 is 15.9 Å². The maximum absolute atomic E-state index is 12.3. The monoisotopic (exact) mass is 398 g/mol. The van der Waals surface area contributed by atoms with Gasteiger partial charge in [0, 0.05) is 4.47 Å². The van der Waals surface area contributed by atoms with E-state index in [-0.39, 0.29) is 18.5 Å². The predicted molar refractivity (Wildman–Crippen MR) is 103 cm³/mol. The van der Waals surface area contributed by atoms with Crippen LogP contribution in [0.3, 0.4) is 0 Å². The quantitative estimate of drug-likeness (QED) is 0.634. The summed E-state index contributed by atoms with van der Waals surface area (Å²) in [6.45, 7) is 2.17. The van der Waals surface area contributed by atoms with Gasteiger partial charge in [-0.15, -0.1) is 0 Å². The molecule has 0 fully saturated rings. The fourth-order valence-corrected chi connectivity index (χ4v) is 3.19. The van der Waals surface area contributed by atoms with Gasteiger partial charge in [-0.05, 0) is 58.2 Å². The van der Waals surface area contributed by atoms with Gasteiger partial charge in [-0.3, -0.25) is 10.1 Å². The van der Waals surface area contributed by atoms with E-state index in [9.17, 15) is 4.79 Å². The molecule has 0 saturated carbocycles. The van der Waals surface area contributed by atoms with Crippen LogP contribution in [0.2, 0.25) is 0 Å². The molecule has 128 valence electrons. The molecule has 4 nitrogen and oxygen atoms in total. The van der Waals surface area contributed by atoms with E-state index in [1.807, 2.05) is 67.6 Å². The van der Waals surface area contributed by atoms with Crippen LogP contribution in [0.1, 0.15) is 22.9 Å². The van der Waals surface area contributed by atoms with E-state index in [1.54, 1.807) is 6.26 Å². The van der Waals surface area contributed by atoms with Gasteiger partial charge >= 0.3 is 0 Å². The largest absolute Gasteiger partial charge is 0.467 e. The van der Waals surface area contributed by atoms with E-state index < -0.39 is 0 Å². The number of carbonyl (C=O) groups excluding carboxylic acids is 1. The van der Waals surface area contributed by atoms with Crippen molar-refractivity contribution >= 4 is 27.5 Å². The number of furan rings is 1. The molecule has 3 aromatic rings. The van der Waals surface area contributed by atoms with Gasteiger partial charge in [-0.1, -0.05) is 36.4 Å². The van der Waals surface area contributed by atoms with E-state index >= 15 is 0 Å². The third kappa shape index (κ3) is 4.59. The van der Waals surface area contributed by atoms with E-state index in [0.29, 0.717) is 0 Å². The van der Waals surface area contributed by atoms with Crippen LogP contribution < -0.4 is 10.6 Å². The van der Waals surface area contributed by atoms with Crippen LogP contribution in [-0.2, 0) is 4.79 Å². The first-order valence-electron chi connectivity index (χ1n) is 8.01. The Morgan fingerprint density at radius 3 is 2.60 bits per heavy atom. The van der Waals surface area contributed by atoms with Crippen LogP contribution in [0.15, 0.2) is 75.8 Å². The Labute approximate surface area is 155 Å². The molecular formula is C20H19BrN2O2. The van der Waals surface area contributed by atoms with Crippen molar-refractivity contribution in [1.29, 1.82) is 0 Å². The lowest BCUT2D eigenvalue weighted by molar-refractivity contribution is -0.115. The zero-order valence-electron chi connectivity index (χ0n) is 13.8. The highest BCUT2D eigenvalue weighted by Crippen LogP contribution is 2.24. The number of aryl methyl sites for hydroxylation is 1. The van der Waals surface area contributed by atoms with E-state index in [2.05, 4.69) is 26.6 Å². The standard InChI is InChI=1S/C20H19BrN2O2/c1-14-9-10-17(16(21)12-14)23-19(24)13-22-20(18-8-5-11-25-18)15-6-3-2-4-7-15/h2-12,20,22H,13H2,1H3,(H,23,24)/t20-/m0/s1. The summed E-state index contributed by atoms with van der Waals surface area (Å²) < 4.78 is 6.40. The number of benzene rings is 2. The van der Waals surface area contributed by atoms with Gasteiger partial charge in [0.1, 0.15) is 5.76 Å². The molecule has 1 amide bonds. The maximum atomic E-state index is 12.3. The van der Waals surface area contributed by atoms with Gasteiger partial charge in [0.05, 0.1) is 24.5 Å². The third-order valence-corrected chi connectivity index (χ3v) is 4.48. The molecule has 5 heteroatoms. The fourth-order valence-electron chi connectivity index (χ4n) is 2.59. The van der Waals surface area contributed by atoms with Gasteiger partial charge in [0.2, 0.25) is 5.91 Å². The van der Waals surface area contributed by atoms with Crippen LogP contribution in [0, 0.1) is 6.92 Å². The summed E-state index contributed by atoms with van der Waals surface area (Å²) in [4.78, 5) is 12.3. The van der Waals surface area contributed by atoms with Gasteiger partial charge in [0.25, 0.3) is 0 Å². The number of hydrogen-bond donors (Lipinski definition) is 2. The van der Waals surface area contributed by atoms with Gasteiger partial charge < -0.3 is 9.73 Å². The number of rotatable bonds is 6. The van der Waals surface area contributed by atoms with Gasteiger partial charge in [-0.2, -0.15) is 0 Å². The molecule has 25 heavy (non-hydrogen) atoms. The Hall–Kier alpha value is -2.37. The summed E-state index contributed by atoms with van der Waals surface area (Å²) in [6, 6.07) is 19.3.